The highest BCUT2D eigenvalue weighted by molar-refractivity contribution is 5.52. The van der Waals surface area contributed by atoms with E-state index in [4.69, 9.17) is 5.73 Å². The zero-order valence-corrected chi connectivity index (χ0v) is 10.0. The van der Waals surface area contributed by atoms with Gasteiger partial charge in [0.25, 0.3) is 0 Å². The fraction of sp³-hybridized carbons (Fsp3) is 0.538. The van der Waals surface area contributed by atoms with Crippen LogP contribution < -0.4 is 11.1 Å². The van der Waals surface area contributed by atoms with Gasteiger partial charge in [-0.3, -0.25) is 0 Å². The minimum absolute atomic E-state index is 0.0477. The summed E-state index contributed by atoms with van der Waals surface area (Å²) >= 11 is 0. The maximum Gasteiger partial charge on any atom is 0.0490 e. The molecule has 0 unspecified atom stereocenters. The summed E-state index contributed by atoms with van der Waals surface area (Å²) < 4.78 is 0. The molecule has 0 aliphatic carbocycles. The van der Waals surface area contributed by atoms with Crippen LogP contribution in [0.4, 0.5) is 5.69 Å². The first kappa shape index (κ1) is 12.1. The highest BCUT2D eigenvalue weighted by atomic mass is 15.0. The molecule has 0 heterocycles. The molecule has 15 heavy (non-hydrogen) atoms. The van der Waals surface area contributed by atoms with Crippen LogP contribution in [0.15, 0.2) is 24.3 Å². The van der Waals surface area contributed by atoms with Crippen molar-refractivity contribution in [2.75, 3.05) is 11.9 Å². The summed E-state index contributed by atoms with van der Waals surface area (Å²) in [6.45, 7) is 7.16. The lowest BCUT2D eigenvalue weighted by atomic mass is 9.92. The standard InChI is InChI=1S/C13H22N2/c1-4-13(5-2,10-14)15-12-9-7-6-8-11(12)3/h6-9,15H,4-5,10,14H2,1-3H3. The van der Waals surface area contributed by atoms with Crippen molar-refractivity contribution in [3.8, 4) is 0 Å². The minimum Gasteiger partial charge on any atom is -0.378 e. The maximum atomic E-state index is 5.86. The fourth-order valence-corrected chi connectivity index (χ4v) is 1.77. The van der Waals surface area contributed by atoms with Crippen molar-refractivity contribution in [1.82, 2.24) is 0 Å². The molecule has 1 rings (SSSR count). The number of anilines is 1. The molecule has 3 N–H and O–H groups in total. The number of hydrogen-bond donors (Lipinski definition) is 2. The van der Waals surface area contributed by atoms with Crippen molar-refractivity contribution in [1.29, 1.82) is 0 Å². The van der Waals surface area contributed by atoms with E-state index < -0.39 is 0 Å². The Bertz CT molecular complexity index is 295. The van der Waals surface area contributed by atoms with E-state index in [9.17, 15) is 0 Å². The lowest BCUT2D eigenvalue weighted by Gasteiger charge is -2.33. The van der Waals surface area contributed by atoms with Gasteiger partial charge in [0.2, 0.25) is 0 Å². The van der Waals surface area contributed by atoms with Gasteiger partial charge in [0, 0.05) is 17.8 Å². The molecule has 0 fully saturated rings. The molecule has 0 saturated carbocycles. The second-order valence-electron chi connectivity index (χ2n) is 4.13. The van der Waals surface area contributed by atoms with Crippen LogP contribution in [0.3, 0.4) is 0 Å². The molecule has 0 saturated heterocycles. The first-order valence-corrected chi connectivity index (χ1v) is 5.71. The average molecular weight is 206 g/mol. The summed E-state index contributed by atoms with van der Waals surface area (Å²) in [7, 11) is 0. The molecule has 84 valence electrons. The van der Waals surface area contributed by atoms with Gasteiger partial charge < -0.3 is 11.1 Å². The van der Waals surface area contributed by atoms with Crippen LogP contribution in [-0.2, 0) is 0 Å². The molecule has 0 aliphatic rings. The van der Waals surface area contributed by atoms with Crippen molar-refractivity contribution < 1.29 is 0 Å². The zero-order chi connectivity index (χ0) is 11.3. The number of benzene rings is 1. The summed E-state index contributed by atoms with van der Waals surface area (Å²) in [5.41, 5.74) is 8.39. The predicted molar refractivity (Wildman–Crippen MR) is 67.2 cm³/mol. The van der Waals surface area contributed by atoms with Gasteiger partial charge in [-0.1, -0.05) is 32.0 Å². The van der Waals surface area contributed by atoms with E-state index in [1.165, 1.54) is 11.3 Å². The predicted octanol–water partition coefficient (Wildman–Crippen LogP) is 2.92. The van der Waals surface area contributed by atoms with Crippen molar-refractivity contribution in [3.05, 3.63) is 29.8 Å². The van der Waals surface area contributed by atoms with E-state index in [1.54, 1.807) is 0 Å². The quantitative estimate of drug-likeness (QED) is 0.777. The van der Waals surface area contributed by atoms with Crippen LogP contribution in [0.5, 0.6) is 0 Å². The van der Waals surface area contributed by atoms with Crippen LogP contribution >= 0.6 is 0 Å². The molecule has 0 aliphatic heterocycles. The van der Waals surface area contributed by atoms with Crippen LogP contribution in [-0.4, -0.2) is 12.1 Å². The summed E-state index contributed by atoms with van der Waals surface area (Å²) in [6, 6.07) is 8.35. The minimum atomic E-state index is 0.0477. The van der Waals surface area contributed by atoms with Gasteiger partial charge >= 0.3 is 0 Å². The summed E-state index contributed by atoms with van der Waals surface area (Å²) in [5, 5.41) is 3.58. The third kappa shape index (κ3) is 2.72. The van der Waals surface area contributed by atoms with E-state index in [-0.39, 0.29) is 5.54 Å². The van der Waals surface area contributed by atoms with E-state index in [0.29, 0.717) is 6.54 Å². The third-order valence-electron chi connectivity index (χ3n) is 3.29. The van der Waals surface area contributed by atoms with Crippen LogP contribution in [0.2, 0.25) is 0 Å². The molecule has 2 heteroatoms. The highest BCUT2D eigenvalue weighted by Crippen LogP contribution is 2.23. The molecule has 0 amide bonds. The maximum absolute atomic E-state index is 5.86. The van der Waals surface area contributed by atoms with Crippen molar-refractivity contribution in [2.24, 2.45) is 5.73 Å². The van der Waals surface area contributed by atoms with Gasteiger partial charge in [-0.2, -0.15) is 0 Å². The van der Waals surface area contributed by atoms with Crippen LogP contribution in [0, 0.1) is 6.92 Å². The second kappa shape index (κ2) is 5.17. The van der Waals surface area contributed by atoms with Crippen molar-refractivity contribution >= 4 is 5.69 Å². The Balaban J connectivity index is 2.88. The SMILES string of the molecule is CCC(CC)(CN)Nc1ccccc1C. The molecule has 1 aromatic rings. The van der Waals surface area contributed by atoms with E-state index in [2.05, 4.69) is 50.4 Å². The molecule has 1 aromatic carbocycles. The summed E-state index contributed by atoms with van der Waals surface area (Å²) in [4.78, 5) is 0. The lowest BCUT2D eigenvalue weighted by Crippen LogP contribution is -2.44. The smallest absolute Gasteiger partial charge is 0.0490 e. The Morgan fingerprint density at radius 1 is 1.20 bits per heavy atom. The molecular formula is C13H22N2. The Hall–Kier alpha value is -1.02. The lowest BCUT2D eigenvalue weighted by molar-refractivity contribution is 0.445. The topological polar surface area (TPSA) is 38.0 Å². The summed E-state index contributed by atoms with van der Waals surface area (Å²) in [6.07, 6.45) is 2.10. The van der Waals surface area contributed by atoms with Gasteiger partial charge in [-0.25, -0.2) is 0 Å². The Morgan fingerprint density at radius 2 is 1.80 bits per heavy atom. The average Bonchev–Trinajstić information content (AvgIpc) is 2.29. The summed E-state index contributed by atoms with van der Waals surface area (Å²) in [5.74, 6) is 0. The van der Waals surface area contributed by atoms with Gasteiger partial charge in [0.05, 0.1) is 0 Å². The number of nitrogens with two attached hydrogens (primary N) is 1. The third-order valence-corrected chi connectivity index (χ3v) is 3.29. The first-order valence-electron chi connectivity index (χ1n) is 5.71. The molecule has 0 atom stereocenters. The fourth-order valence-electron chi connectivity index (χ4n) is 1.77. The van der Waals surface area contributed by atoms with E-state index >= 15 is 0 Å². The molecule has 0 spiro atoms. The van der Waals surface area contributed by atoms with Gasteiger partial charge in [-0.15, -0.1) is 0 Å². The number of para-hydroxylation sites is 1. The van der Waals surface area contributed by atoms with E-state index in [1.807, 2.05) is 0 Å². The zero-order valence-electron chi connectivity index (χ0n) is 10.0. The Morgan fingerprint density at radius 3 is 2.27 bits per heavy atom. The molecule has 2 nitrogen and oxygen atoms in total. The monoisotopic (exact) mass is 206 g/mol. The van der Waals surface area contributed by atoms with Crippen LogP contribution in [0.25, 0.3) is 0 Å². The van der Waals surface area contributed by atoms with Gasteiger partial charge in [0.1, 0.15) is 0 Å². The molecular weight excluding hydrogens is 184 g/mol. The normalized spacial score (nSPS) is 11.5. The largest absolute Gasteiger partial charge is 0.378 e. The number of aryl methyl sites for hydroxylation is 1. The molecule has 0 radical (unpaired) electrons. The van der Waals surface area contributed by atoms with Crippen molar-refractivity contribution in [3.63, 3.8) is 0 Å². The van der Waals surface area contributed by atoms with Crippen molar-refractivity contribution in [2.45, 2.75) is 39.2 Å². The Labute approximate surface area is 92.9 Å². The van der Waals surface area contributed by atoms with Gasteiger partial charge in [0.15, 0.2) is 0 Å². The van der Waals surface area contributed by atoms with Crippen LogP contribution in [0.1, 0.15) is 32.3 Å². The second-order valence-corrected chi connectivity index (χ2v) is 4.13. The van der Waals surface area contributed by atoms with E-state index in [0.717, 1.165) is 12.8 Å². The number of hydrogen-bond acceptors (Lipinski definition) is 2. The highest BCUT2D eigenvalue weighted by Gasteiger charge is 2.23. The number of nitrogens with one attached hydrogen (secondary N) is 1. The first-order chi connectivity index (χ1) is 7.17. The number of rotatable bonds is 5. The molecule has 0 aromatic heterocycles. The Kier molecular flexibility index (Phi) is 4.15. The molecule has 0 bridgehead atoms. The van der Waals surface area contributed by atoms with Gasteiger partial charge in [-0.05, 0) is 31.4 Å².